The molecular weight excluding hydrogens is 1640 g/mol. The van der Waals surface area contributed by atoms with Gasteiger partial charge in [0.1, 0.15) is 78.0 Å². The molecule has 1 unspecified atom stereocenters. The van der Waals surface area contributed by atoms with E-state index in [4.69, 9.17) is 5.73 Å². The lowest BCUT2D eigenvalue weighted by Crippen LogP contribution is -2.61. The second-order valence-electron chi connectivity index (χ2n) is 32.7. The number of unbranched alkanes of at least 4 members (excludes halogenated alkanes) is 1. The van der Waals surface area contributed by atoms with Crippen LogP contribution in [0.2, 0.25) is 0 Å². The van der Waals surface area contributed by atoms with Crippen molar-refractivity contribution in [3.05, 3.63) is 167 Å². The van der Waals surface area contributed by atoms with E-state index >= 15 is 33.6 Å². The molecule has 12 atom stereocenters. The summed E-state index contributed by atoms with van der Waals surface area (Å²) in [6.07, 6.45) is 0.628. The number of H-pyrrole nitrogens is 1. The van der Waals surface area contributed by atoms with E-state index in [-0.39, 0.29) is 68.1 Å². The van der Waals surface area contributed by atoms with Crippen LogP contribution >= 0.6 is 11.8 Å². The molecule has 35 nitrogen and oxygen atoms in total. The van der Waals surface area contributed by atoms with Gasteiger partial charge in [-0.3, -0.25) is 76.7 Å². The van der Waals surface area contributed by atoms with E-state index < -0.39 is 205 Å². The summed E-state index contributed by atoms with van der Waals surface area (Å²) in [7, 11) is 6.56. The summed E-state index contributed by atoms with van der Waals surface area (Å²) in [4.78, 5) is 242. The SMILES string of the molecule is CCCC[C@H]1C(=O)N(C)CC(=O)N[C@@H](CC(=O)O)C(=O)N[C@@H](C(C)C)C(=O)N(C)[C@@H](Cc2ccccc2)C(=O)N[C@@H](Cc2ccc(O)cc2)C(=O)N(C)CC(=O)N[C@@H](Cc2c[nH]c3ccccc23)C(=O)N[C@@H](Cc2ccc(O)cc2)C(=O)N[C@@H](CC(C)C)C(=O)N[C@H](C(=O)NCC(N)=O)CSCC(=O)N[C@@H](C(C)CC)C(=O)N(C)[C@@H](Cc2ccccc2)C(=O)N1C. The summed E-state index contributed by atoms with van der Waals surface area (Å²) >= 11 is 0.842. The fourth-order valence-electron chi connectivity index (χ4n) is 14.5. The fourth-order valence-corrected chi connectivity index (χ4v) is 15.4. The van der Waals surface area contributed by atoms with Gasteiger partial charge in [0.25, 0.3) is 0 Å². The number of aromatic amines is 1. The van der Waals surface area contributed by atoms with Gasteiger partial charge in [-0.2, -0.15) is 0 Å². The van der Waals surface area contributed by atoms with E-state index in [0.717, 1.165) is 26.5 Å². The Kier molecular flexibility index (Phi) is 38.5. The number of phenolic OH excluding ortho intramolecular Hbond substituents is 2. The minimum Gasteiger partial charge on any atom is -0.508 e. The highest BCUT2D eigenvalue weighted by molar-refractivity contribution is 8.00. The molecule has 680 valence electrons. The van der Waals surface area contributed by atoms with Crippen LogP contribution in [0.1, 0.15) is 115 Å². The van der Waals surface area contributed by atoms with Crippen LogP contribution in [-0.4, -0.2) is 272 Å². The second-order valence-corrected chi connectivity index (χ2v) is 33.7. The Hall–Kier alpha value is -12.9. The lowest BCUT2D eigenvalue weighted by molar-refractivity contribution is -0.151. The zero-order valence-corrected chi connectivity index (χ0v) is 74.1. The monoisotopic (exact) mass is 1760 g/mol. The number of nitrogens with zero attached hydrogens (tertiary/aromatic N) is 5. The zero-order chi connectivity index (χ0) is 92.8. The molecule has 1 aliphatic heterocycles. The molecule has 36 heteroatoms. The highest BCUT2D eigenvalue weighted by Gasteiger charge is 2.43. The molecule has 15 amide bonds. The Morgan fingerprint density at radius 3 is 1.51 bits per heavy atom. The first kappa shape index (κ1) is 100. The van der Waals surface area contributed by atoms with Gasteiger partial charge in [-0.05, 0) is 88.7 Å². The van der Waals surface area contributed by atoms with Crippen LogP contribution < -0.4 is 53.6 Å². The van der Waals surface area contributed by atoms with Crippen molar-refractivity contribution in [1.82, 2.24) is 77.3 Å². The summed E-state index contributed by atoms with van der Waals surface area (Å²) in [5, 5.41) is 55.5. The highest BCUT2D eigenvalue weighted by atomic mass is 32.2. The van der Waals surface area contributed by atoms with Gasteiger partial charge >= 0.3 is 5.97 Å². The number of likely N-dealkylation sites (N-methyl/N-ethyl adjacent to an activating group) is 5. The van der Waals surface area contributed by atoms with Gasteiger partial charge in [-0.25, -0.2) is 0 Å². The number of amides is 15. The summed E-state index contributed by atoms with van der Waals surface area (Å²) < 4.78 is 0. The minimum absolute atomic E-state index is 0.0427. The van der Waals surface area contributed by atoms with Gasteiger partial charge in [0, 0.05) is 90.2 Å². The lowest BCUT2D eigenvalue weighted by atomic mass is 9.95. The van der Waals surface area contributed by atoms with E-state index in [2.05, 4.69) is 52.8 Å². The van der Waals surface area contributed by atoms with E-state index in [9.17, 15) is 58.5 Å². The lowest BCUT2D eigenvalue weighted by Gasteiger charge is -2.37. The minimum atomic E-state index is -1.90. The average Bonchev–Trinajstić information content (AvgIpc) is 1.55. The maximum atomic E-state index is 15.4. The van der Waals surface area contributed by atoms with Crippen molar-refractivity contribution in [2.75, 3.05) is 66.4 Å². The number of thioether (sulfide) groups is 1. The predicted molar refractivity (Wildman–Crippen MR) is 471 cm³/mol. The number of hydrogen-bond donors (Lipinski definition) is 14. The van der Waals surface area contributed by atoms with Gasteiger partial charge in [0.15, 0.2) is 0 Å². The van der Waals surface area contributed by atoms with Gasteiger partial charge in [-0.15, -0.1) is 11.8 Å². The molecule has 6 aromatic rings. The van der Waals surface area contributed by atoms with Crippen LogP contribution in [0, 0.1) is 17.8 Å². The number of aliphatic carboxylic acids is 1. The number of aromatic hydroxyl groups is 2. The first-order valence-corrected chi connectivity index (χ1v) is 43.2. The summed E-state index contributed by atoms with van der Waals surface area (Å²) in [6.45, 7) is 9.69. The van der Waals surface area contributed by atoms with Crippen LogP contribution in [0.15, 0.2) is 140 Å². The Labute approximate surface area is 737 Å². The van der Waals surface area contributed by atoms with Gasteiger partial charge in [0.2, 0.25) is 88.6 Å². The fraction of sp³-hybridized carbons (Fsp3) is 0.467. The van der Waals surface area contributed by atoms with Gasteiger partial charge < -0.3 is 98.4 Å². The largest absolute Gasteiger partial charge is 0.508 e. The molecule has 0 spiro atoms. The van der Waals surface area contributed by atoms with Crippen molar-refractivity contribution in [1.29, 1.82) is 0 Å². The number of phenols is 2. The molecule has 1 fully saturated rings. The average molecular weight is 1760 g/mol. The standard InChI is InChI=1S/C90H120N16O19S/c1-13-15-30-70-87(122)103(9)49-75(111)95-67(45-77(113)114)84(119)101-78(53(5)6)89(124)105(11)71(42-55-24-18-16-19-25-55)85(120)98-68(41-58-33-37-61(108)38-34-58)86(121)102(8)48-74(110)94-66(44-59-46-92-63-29-23-22-28-62(59)63)83(118)97-65(40-57-31-35-60(107)36-32-57)82(117)96-64(39-52(3)4)81(116)99-69(80(115)93-47-73(91)109)50-126-51-76(112)100-79(54(7)14-2)90(125)106(12)72(88(123)104(70)10)43-56-26-20-17-21-27-56/h16-29,31-38,46,52-54,64-72,78-79,92,107-108H,13-15,30,39-45,47-51H2,1-12H3,(H2,91,109)(H,93,115)(H,94,110)(H,95,111)(H,96,117)(H,97,118)(H,98,120)(H,99,116)(H,100,112)(H,101,119)(H,113,114)/t54?,64-,65-,66-,67-,68-,69-,70-,71-,72-,78-,79-/m0/s1. The number of hydrogen-bond acceptors (Lipinski definition) is 19. The topological polar surface area (TPSA) is 500 Å². The molecule has 0 saturated carbocycles. The van der Waals surface area contributed by atoms with Crippen LogP contribution in [0.5, 0.6) is 11.5 Å². The number of primary amides is 1. The molecular formula is C90H120N16O19S. The third-order valence-corrected chi connectivity index (χ3v) is 23.0. The third-order valence-electron chi connectivity index (χ3n) is 21.9. The molecule has 1 saturated heterocycles. The van der Waals surface area contributed by atoms with Crippen molar-refractivity contribution < 1.29 is 92.0 Å². The molecule has 15 N–H and O–H groups in total. The predicted octanol–water partition coefficient (Wildman–Crippen LogP) is 2.13. The molecule has 2 heterocycles. The molecule has 1 aliphatic rings. The normalized spacial score (nSPS) is 22.4. The number of carboxylic acids is 1. The molecule has 0 bridgehead atoms. The number of para-hydroxylation sites is 1. The number of fused-ring (bicyclic) bond motifs is 1. The number of carbonyl (C=O) groups excluding carboxylic acids is 15. The second kappa shape index (κ2) is 48.4. The molecule has 0 radical (unpaired) electrons. The number of aromatic nitrogens is 1. The Bertz CT molecular complexity index is 4790. The number of carbonyl (C=O) groups is 16. The van der Waals surface area contributed by atoms with Gasteiger partial charge in [0.05, 0.1) is 31.8 Å². The van der Waals surface area contributed by atoms with Gasteiger partial charge in [-0.1, -0.05) is 171 Å². The van der Waals surface area contributed by atoms with Crippen molar-refractivity contribution in [3.63, 3.8) is 0 Å². The Morgan fingerprint density at radius 1 is 0.484 bits per heavy atom. The number of carboxylic acid groups (broad SMARTS) is 1. The summed E-state index contributed by atoms with van der Waals surface area (Å²) in [5.74, 6) is -17.8. The summed E-state index contributed by atoms with van der Waals surface area (Å²) in [6, 6.07) is 18.9. The van der Waals surface area contributed by atoms with E-state index in [1.165, 1.54) is 93.6 Å². The first-order valence-electron chi connectivity index (χ1n) is 42.0. The first-order chi connectivity index (χ1) is 59.8. The van der Waals surface area contributed by atoms with Crippen LogP contribution in [0.4, 0.5) is 0 Å². The number of nitrogens with one attached hydrogen (secondary N) is 10. The van der Waals surface area contributed by atoms with E-state index in [1.54, 1.807) is 133 Å². The number of benzene rings is 5. The van der Waals surface area contributed by atoms with E-state index in [0.29, 0.717) is 58.0 Å². The molecule has 1 aromatic heterocycles. The van der Waals surface area contributed by atoms with Crippen molar-refractivity contribution >= 4 is 117 Å². The maximum absolute atomic E-state index is 15.4. The van der Waals surface area contributed by atoms with E-state index in [1.807, 2.05) is 6.92 Å². The van der Waals surface area contributed by atoms with Crippen LogP contribution in [0.25, 0.3) is 10.9 Å². The zero-order valence-electron chi connectivity index (χ0n) is 73.3. The van der Waals surface area contributed by atoms with Crippen LogP contribution in [-0.2, 0) is 109 Å². The van der Waals surface area contributed by atoms with Crippen molar-refractivity contribution in [2.24, 2.45) is 23.5 Å². The third kappa shape index (κ3) is 29.9. The number of nitrogens with two attached hydrogens (primary N) is 1. The van der Waals surface area contributed by atoms with Crippen LogP contribution in [0.3, 0.4) is 0 Å². The molecule has 0 aliphatic carbocycles. The molecule has 5 aromatic carbocycles. The van der Waals surface area contributed by atoms with Crippen molar-refractivity contribution in [3.8, 4) is 11.5 Å². The Morgan fingerprint density at radius 2 is 0.960 bits per heavy atom. The molecule has 7 rings (SSSR count). The molecule has 126 heavy (non-hydrogen) atoms. The maximum Gasteiger partial charge on any atom is 0.305 e. The quantitative estimate of drug-likeness (QED) is 0.0437. The van der Waals surface area contributed by atoms with Crippen molar-refractivity contribution in [2.45, 2.75) is 186 Å². The number of rotatable bonds is 23. The highest BCUT2D eigenvalue weighted by Crippen LogP contribution is 2.25. The Balaban J connectivity index is 1.33. The smallest absolute Gasteiger partial charge is 0.305 e. The summed E-state index contributed by atoms with van der Waals surface area (Å²) in [5.41, 5.74) is 8.54.